The van der Waals surface area contributed by atoms with Crippen molar-refractivity contribution in [3.63, 3.8) is 0 Å². The Morgan fingerprint density at radius 2 is 2.11 bits per heavy atom. The van der Waals surface area contributed by atoms with Crippen molar-refractivity contribution < 1.29 is 9.18 Å². The van der Waals surface area contributed by atoms with Crippen molar-refractivity contribution in [3.8, 4) is 0 Å². The molecule has 1 N–H and O–H groups in total. The van der Waals surface area contributed by atoms with E-state index in [9.17, 15) is 9.18 Å². The lowest BCUT2D eigenvalue weighted by molar-refractivity contribution is -0.108. The summed E-state index contributed by atoms with van der Waals surface area (Å²) in [6, 6.07) is 4.31. The maximum atomic E-state index is 13.2. The molecule has 0 spiro atoms. The van der Waals surface area contributed by atoms with E-state index in [1.165, 1.54) is 25.0 Å². The molecule has 2 rings (SSSR count). The van der Waals surface area contributed by atoms with E-state index in [4.69, 9.17) is 0 Å². The third kappa shape index (κ3) is 4.70. The van der Waals surface area contributed by atoms with Gasteiger partial charge < -0.3 is 10.1 Å². The smallest absolute Gasteiger partial charge is 0.141 e. The Bertz CT molecular complexity index is 413. The van der Waals surface area contributed by atoms with Gasteiger partial charge in [-0.05, 0) is 25.0 Å². The molecule has 1 aromatic rings. The van der Waals surface area contributed by atoms with Gasteiger partial charge in [-0.25, -0.2) is 4.39 Å². The molecule has 1 aromatic carbocycles. The highest BCUT2D eigenvalue weighted by atomic mass is 19.1. The summed E-state index contributed by atoms with van der Waals surface area (Å²) in [7, 11) is 0. The second-order valence-corrected chi connectivity index (χ2v) is 4.66. The molecule has 98 valence electrons. The van der Waals surface area contributed by atoms with E-state index >= 15 is 0 Å². The number of aldehydes is 1. The maximum Gasteiger partial charge on any atom is 0.141 e. The molecule has 0 radical (unpaired) electrons. The fourth-order valence-electron chi connectivity index (χ4n) is 1.32. The highest BCUT2D eigenvalue weighted by molar-refractivity contribution is 5.71. The predicted octanol–water partition coefficient (Wildman–Crippen LogP) is 3.88. The van der Waals surface area contributed by atoms with Crippen LogP contribution in [-0.4, -0.2) is 12.3 Å². The second kappa shape index (κ2) is 6.94. The van der Waals surface area contributed by atoms with Gasteiger partial charge in [0.1, 0.15) is 12.1 Å². The molecule has 1 aliphatic rings. The molecule has 0 amide bonds. The van der Waals surface area contributed by atoms with Gasteiger partial charge in [0.15, 0.2) is 0 Å². The third-order valence-corrected chi connectivity index (χ3v) is 2.71. The monoisotopic (exact) mass is 249 g/mol. The maximum absolute atomic E-state index is 13.2. The molecule has 2 nitrogen and oxygen atoms in total. The van der Waals surface area contributed by atoms with Crippen molar-refractivity contribution in [2.75, 3.05) is 5.32 Å². The van der Waals surface area contributed by atoms with Gasteiger partial charge in [0.2, 0.25) is 0 Å². The summed E-state index contributed by atoms with van der Waals surface area (Å²) in [5, 5.41) is 2.87. The summed E-state index contributed by atoms with van der Waals surface area (Å²) in [4.78, 5) is 10.4. The molecule has 1 unspecified atom stereocenters. The molecular formula is C15H20FNO. The number of rotatable bonds is 4. The minimum Gasteiger partial charge on any atom is -0.375 e. The Balaban J connectivity index is 0.000000341. The van der Waals surface area contributed by atoms with Crippen LogP contribution in [0.2, 0.25) is 0 Å². The van der Waals surface area contributed by atoms with E-state index < -0.39 is 0 Å². The number of carbonyl (C=O) groups is 1. The second-order valence-electron chi connectivity index (χ2n) is 4.66. The summed E-state index contributed by atoms with van der Waals surface area (Å²) in [6.07, 6.45) is 5.16. The third-order valence-electron chi connectivity index (χ3n) is 2.71. The van der Waals surface area contributed by atoms with E-state index in [-0.39, 0.29) is 11.9 Å². The first-order chi connectivity index (χ1) is 8.58. The molecule has 0 saturated heterocycles. The average Bonchev–Trinajstić information content (AvgIpc) is 3.12. The summed E-state index contributed by atoms with van der Waals surface area (Å²) >= 11 is 0. The fourth-order valence-corrected chi connectivity index (χ4v) is 1.32. The molecule has 0 bridgehead atoms. The summed E-state index contributed by atoms with van der Waals surface area (Å²) in [5.74, 6) is 0.739. The lowest BCUT2D eigenvalue weighted by Gasteiger charge is -2.12. The van der Waals surface area contributed by atoms with Crippen molar-refractivity contribution in [2.45, 2.75) is 32.7 Å². The van der Waals surface area contributed by atoms with Gasteiger partial charge in [0, 0.05) is 11.3 Å². The molecule has 18 heavy (non-hydrogen) atoms. The summed E-state index contributed by atoms with van der Waals surface area (Å²) in [6.45, 7) is 7.49. The zero-order chi connectivity index (χ0) is 13.5. The summed E-state index contributed by atoms with van der Waals surface area (Å²) in [5.41, 5.74) is 0.973. The number of hydrogen-bond donors (Lipinski definition) is 1. The quantitative estimate of drug-likeness (QED) is 0.820. The van der Waals surface area contributed by atoms with Crippen LogP contribution in [0.4, 0.5) is 10.1 Å². The number of hydrogen-bond acceptors (Lipinski definition) is 2. The van der Waals surface area contributed by atoms with Gasteiger partial charge in [0.05, 0.1) is 6.04 Å². The molecule has 0 heterocycles. The van der Waals surface area contributed by atoms with E-state index in [1.807, 2.05) is 0 Å². The largest absolute Gasteiger partial charge is 0.375 e. The van der Waals surface area contributed by atoms with Crippen molar-refractivity contribution in [1.82, 2.24) is 0 Å². The molecular weight excluding hydrogens is 229 g/mol. The zero-order valence-electron chi connectivity index (χ0n) is 10.9. The lowest BCUT2D eigenvalue weighted by Crippen LogP contribution is -2.17. The standard InChI is InChI=1S/C11H12FNO.C4H8/c1-3-9-10(12)5-4-6-11(9)13-8(2)7-14;1-4-2-3-4/h3-8,13H,1H2,2H3;4H,2-3H2,1H3. The number of halogens is 1. The Morgan fingerprint density at radius 3 is 2.56 bits per heavy atom. The lowest BCUT2D eigenvalue weighted by atomic mass is 10.1. The molecule has 1 atom stereocenters. The van der Waals surface area contributed by atoms with E-state index in [0.29, 0.717) is 11.3 Å². The SMILES string of the molecule is C=Cc1c(F)cccc1NC(C)C=O.CC1CC1. The van der Waals surface area contributed by atoms with Crippen LogP contribution >= 0.6 is 0 Å². The minimum absolute atomic E-state index is 0.338. The van der Waals surface area contributed by atoms with Gasteiger partial charge in [0.25, 0.3) is 0 Å². The van der Waals surface area contributed by atoms with Crippen molar-refractivity contribution >= 4 is 18.0 Å². The fraction of sp³-hybridized carbons (Fsp3) is 0.400. The van der Waals surface area contributed by atoms with Crippen molar-refractivity contribution in [2.24, 2.45) is 5.92 Å². The minimum atomic E-state index is -0.344. The molecule has 1 saturated carbocycles. The van der Waals surface area contributed by atoms with Crippen LogP contribution in [-0.2, 0) is 4.79 Å². The Kier molecular flexibility index (Phi) is 5.56. The van der Waals surface area contributed by atoms with Crippen molar-refractivity contribution in [1.29, 1.82) is 0 Å². The van der Waals surface area contributed by atoms with Crippen LogP contribution in [0, 0.1) is 11.7 Å². The van der Waals surface area contributed by atoms with Gasteiger partial charge in [-0.1, -0.05) is 38.5 Å². The number of carbonyl (C=O) groups excluding carboxylic acids is 1. The van der Waals surface area contributed by atoms with Crippen LogP contribution < -0.4 is 5.32 Å². The van der Waals surface area contributed by atoms with Crippen LogP contribution in [0.15, 0.2) is 24.8 Å². The molecule has 0 aliphatic heterocycles. The van der Waals surface area contributed by atoms with E-state index in [0.717, 1.165) is 12.2 Å². The number of nitrogens with one attached hydrogen (secondary N) is 1. The number of anilines is 1. The van der Waals surface area contributed by atoms with Crippen LogP contribution in [0.5, 0.6) is 0 Å². The Morgan fingerprint density at radius 1 is 1.50 bits per heavy atom. The number of benzene rings is 1. The Hall–Kier alpha value is -1.64. The predicted molar refractivity (Wildman–Crippen MR) is 74.0 cm³/mol. The molecule has 1 aliphatic carbocycles. The van der Waals surface area contributed by atoms with Crippen LogP contribution in [0.25, 0.3) is 6.08 Å². The molecule has 3 heteroatoms. The van der Waals surface area contributed by atoms with Crippen LogP contribution in [0.3, 0.4) is 0 Å². The normalized spacial score (nSPS) is 15.1. The van der Waals surface area contributed by atoms with E-state index in [1.54, 1.807) is 19.1 Å². The highest BCUT2D eigenvalue weighted by Crippen LogP contribution is 2.26. The van der Waals surface area contributed by atoms with Crippen molar-refractivity contribution in [3.05, 3.63) is 36.2 Å². The highest BCUT2D eigenvalue weighted by Gasteiger charge is 2.12. The van der Waals surface area contributed by atoms with Gasteiger partial charge in [-0.3, -0.25) is 0 Å². The first-order valence-electron chi connectivity index (χ1n) is 6.21. The molecule has 1 fully saturated rings. The first-order valence-corrected chi connectivity index (χ1v) is 6.21. The summed E-state index contributed by atoms with van der Waals surface area (Å²) < 4.78 is 13.2. The van der Waals surface area contributed by atoms with Gasteiger partial charge in [-0.15, -0.1) is 0 Å². The molecule has 0 aromatic heterocycles. The Labute approximate surface area is 108 Å². The van der Waals surface area contributed by atoms with E-state index in [2.05, 4.69) is 18.8 Å². The van der Waals surface area contributed by atoms with Gasteiger partial charge >= 0.3 is 0 Å². The van der Waals surface area contributed by atoms with Crippen LogP contribution in [0.1, 0.15) is 32.3 Å². The average molecular weight is 249 g/mol. The first kappa shape index (κ1) is 14.4. The zero-order valence-corrected chi connectivity index (χ0v) is 10.9. The topological polar surface area (TPSA) is 29.1 Å². The van der Waals surface area contributed by atoms with Gasteiger partial charge in [-0.2, -0.15) is 0 Å².